The lowest BCUT2D eigenvalue weighted by molar-refractivity contribution is 0.180. The molecule has 0 bridgehead atoms. The molecule has 1 aromatic heterocycles. The van der Waals surface area contributed by atoms with Gasteiger partial charge in [-0.2, -0.15) is 0 Å². The van der Waals surface area contributed by atoms with E-state index in [4.69, 9.17) is 9.15 Å². The Balaban J connectivity index is 2.26. The van der Waals surface area contributed by atoms with E-state index in [0.29, 0.717) is 17.1 Å². The summed E-state index contributed by atoms with van der Waals surface area (Å²) in [5.74, 6) is 1.10. The van der Waals surface area contributed by atoms with Crippen molar-refractivity contribution >= 4 is 0 Å². The van der Waals surface area contributed by atoms with Gasteiger partial charge in [-0.1, -0.05) is 38.5 Å². The molecule has 4 nitrogen and oxygen atoms in total. The molecule has 1 rings (SSSR count). The van der Waals surface area contributed by atoms with Crippen LogP contribution in [-0.4, -0.2) is 18.3 Å². The zero-order chi connectivity index (χ0) is 17.2. The van der Waals surface area contributed by atoms with Crippen LogP contribution in [0.5, 0.6) is 5.95 Å². The number of aryl methyl sites for hydroxylation is 1. The quantitative estimate of drug-likeness (QED) is 0.616. The molecular weight excluding hydrogens is 292 g/mol. The predicted molar refractivity (Wildman–Crippen MR) is 93.3 cm³/mol. The van der Waals surface area contributed by atoms with Gasteiger partial charge in [0.25, 0.3) is 5.95 Å². The number of hydrogen-bond donors (Lipinski definition) is 1. The molecule has 0 radical (unpaired) electrons. The van der Waals surface area contributed by atoms with Crippen LogP contribution in [-0.2, 0) is 6.42 Å². The highest BCUT2D eigenvalue weighted by Gasteiger charge is 2.13. The Labute approximate surface area is 139 Å². The molecule has 0 saturated carbocycles. The molecule has 0 spiro atoms. The highest BCUT2D eigenvalue weighted by Crippen LogP contribution is 2.20. The monoisotopic (exact) mass is 324 g/mol. The summed E-state index contributed by atoms with van der Waals surface area (Å²) in [5, 5.41) is 9.19. The van der Waals surface area contributed by atoms with Crippen LogP contribution in [0.4, 0.5) is 0 Å². The molecule has 0 aliphatic carbocycles. The topological polar surface area (TPSA) is 59.7 Å². The first kappa shape index (κ1) is 19.8. The summed E-state index contributed by atoms with van der Waals surface area (Å²) in [6, 6.07) is 0. The van der Waals surface area contributed by atoms with Crippen LogP contribution in [0.3, 0.4) is 0 Å². The van der Waals surface area contributed by atoms with Gasteiger partial charge in [0.1, 0.15) is 5.76 Å². The van der Waals surface area contributed by atoms with Gasteiger partial charge >= 0.3 is 0 Å². The first-order valence-corrected chi connectivity index (χ1v) is 8.82. The van der Waals surface area contributed by atoms with Crippen molar-refractivity contribution in [2.24, 2.45) is 0 Å². The van der Waals surface area contributed by atoms with Gasteiger partial charge in [0, 0.05) is 12.0 Å². The summed E-state index contributed by atoms with van der Waals surface area (Å²) in [5.41, 5.74) is 1.29. The Morgan fingerprint density at radius 2 is 1.57 bits per heavy atom. The summed E-state index contributed by atoms with van der Waals surface area (Å²) in [4.78, 5) is 12.1. The van der Waals surface area contributed by atoms with Gasteiger partial charge < -0.3 is 14.3 Å². The second kappa shape index (κ2) is 10.5. The smallest absolute Gasteiger partial charge is 0.291 e. The second-order valence-electron chi connectivity index (χ2n) is 6.46. The van der Waals surface area contributed by atoms with Gasteiger partial charge in [-0.25, -0.2) is 0 Å². The molecule has 1 aromatic rings. The summed E-state index contributed by atoms with van der Waals surface area (Å²) < 4.78 is 10.8. The molecule has 0 aliphatic heterocycles. The summed E-state index contributed by atoms with van der Waals surface area (Å²) in [6.45, 7) is 5.41. The van der Waals surface area contributed by atoms with Crippen molar-refractivity contribution in [1.82, 2.24) is 0 Å². The van der Waals surface area contributed by atoms with Gasteiger partial charge in [-0.3, -0.25) is 4.79 Å². The van der Waals surface area contributed by atoms with Gasteiger partial charge in [0.15, 0.2) is 5.43 Å². The van der Waals surface area contributed by atoms with Crippen molar-refractivity contribution in [3.05, 3.63) is 27.1 Å². The molecule has 4 heteroatoms. The van der Waals surface area contributed by atoms with Crippen LogP contribution < -0.4 is 10.2 Å². The maximum atomic E-state index is 12.1. The molecule has 1 atom stereocenters. The minimum atomic E-state index is -0.167. The molecule has 132 valence electrons. The van der Waals surface area contributed by atoms with Gasteiger partial charge in [0.05, 0.1) is 18.8 Å². The van der Waals surface area contributed by atoms with E-state index in [0.717, 1.165) is 37.9 Å². The van der Waals surface area contributed by atoms with E-state index in [1.54, 1.807) is 6.92 Å². The SMILES string of the molecule is COc1oc(CCCCCCCCCC(C)O)c(C)c(=O)c1C. The number of aliphatic hydroxyl groups is 1. The molecule has 1 heterocycles. The van der Waals surface area contributed by atoms with E-state index in [1.807, 2.05) is 13.8 Å². The summed E-state index contributed by atoms with van der Waals surface area (Å²) in [7, 11) is 1.53. The lowest BCUT2D eigenvalue weighted by Gasteiger charge is -2.09. The van der Waals surface area contributed by atoms with E-state index in [1.165, 1.54) is 32.8 Å². The normalized spacial score (nSPS) is 12.4. The van der Waals surface area contributed by atoms with Crippen molar-refractivity contribution in [3.8, 4) is 5.95 Å². The Bertz CT molecular complexity index is 517. The summed E-state index contributed by atoms with van der Waals surface area (Å²) in [6.07, 6.45) is 9.71. The molecule has 0 amide bonds. The summed E-state index contributed by atoms with van der Waals surface area (Å²) >= 11 is 0. The van der Waals surface area contributed by atoms with Crippen molar-refractivity contribution in [3.63, 3.8) is 0 Å². The van der Waals surface area contributed by atoms with E-state index in [-0.39, 0.29) is 11.5 Å². The lowest BCUT2D eigenvalue weighted by Crippen LogP contribution is -2.13. The fourth-order valence-corrected chi connectivity index (χ4v) is 2.81. The third kappa shape index (κ3) is 6.78. The van der Waals surface area contributed by atoms with E-state index >= 15 is 0 Å². The molecule has 0 aliphatic rings. The standard InChI is InChI=1S/C19H32O4/c1-14(20)12-10-8-6-5-7-9-11-13-17-15(2)18(21)16(3)19(22-4)23-17/h14,20H,5-13H2,1-4H3. The van der Waals surface area contributed by atoms with Crippen LogP contribution >= 0.6 is 0 Å². The zero-order valence-electron chi connectivity index (χ0n) is 15.1. The van der Waals surface area contributed by atoms with E-state index in [2.05, 4.69) is 0 Å². The van der Waals surface area contributed by atoms with Gasteiger partial charge in [0.2, 0.25) is 0 Å². The molecule has 0 fully saturated rings. The number of hydrogen-bond acceptors (Lipinski definition) is 4. The van der Waals surface area contributed by atoms with E-state index < -0.39 is 0 Å². The Morgan fingerprint density at radius 1 is 1.00 bits per heavy atom. The number of unbranched alkanes of at least 4 members (excludes halogenated alkanes) is 6. The average Bonchev–Trinajstić information content (AvgIpc) is 2.52. The second-order valence-corrected chi connectivity index (χ2v) is 6.46. The molecule has 23 heavy (non-hydrogen) atoms. The minimum Gasteiger partial charge on any atom is -0.468 e. The maximum Gasteiger partial charge on any atom is 0.291 e. The van der Waals surface area contributed by atoms with Crippen LogP contribution in [0.2, 0.25) is 0 Å². The van der Waals surface area contributed by atoms with Crippen LogP contribution in [0.15, 0.2) is 9.21 Å². The molecular formula is C19H32O4. The van der Waals surface area contributed by atoms with Crippen molar-refractivity contribution in [2.45, 2.75) is 84.7 Å². The molecule has 1 N–H and O–H groups in total. The predicted octanol–water partition coefficient (Wildman–Crippen LogP) is 4.31. The molecule has 0 saturated heterocycles. The van der Waals surface area contributed by atoms with Gasteiger partial charge in [-0.15, -0.1) is 0 Å². The van der Waals surface area contributed by atoms with Crippen molar-refractivity contribution in [2.75, 3.05) is 7.11 Å². The van der Waals surface area contributed by atoms with Crippen LogP contribution in [0.1, 0.15) is 75.2 Å². The number of rotatable bonds is 11. The first-order chi connectivity index (χ1) is 11.0. The Hall–Kier alpha value is -1.29. The largest absolute Gasteiger partial charge is 0.468 e. The average molecular weight is 324 g/mol. The lowest BCUT2D eigenvalue weighted by atomic mass is 10.0. The highest BCUT2D eigenvalue weighted by atomic mass is 16.6. The third-order valence-electron chi connectivity index (χ3n) is 4.33. The number of ether oxygens (including phenoxy) is 1. The molecule has 0 aromatic carbocycles. The maximum absolute atomic E-state index is 12.1. The first-order valence-electron chi connectivity index (χ1n) is 8.82. The highest BCUT2D eigenvalue weighted by molar-refractivity contribution is 5.29. The number of methoxy groups -OCH3 is 1. The van der Waals surface area contributed by atoms with E-state index in [9.17, 15) is 9.90 Å². The minimum absolute atomic E-state index is 0.0289. The third-order valence-corrected chi connectivity index (χ3v) is 4.33. The Kier molecular flexibility index (Phi) is 9.00. The zero-order valence-corrected chi connectivity index (χ0v) is 15.1. The molecule has 1 unspecified atom stereocenters. The number of aliphatic hydroxyl groups excluding tert-OH is 1. The van der Waals surface area contributed by atoms with Gasteiger partial charge in [-0.05, 0) is 33.6 Å². The fourth-order valence-electron chi connectivity index (χ4n) is 2.81. The van der Waals surface area contributed by atoms with Crippen LogP contribution in [0, 0.1) is 13.8 Å². The Morgan fingerprint density at radius 3 is 2.13 bits per heavy atom. The van der Waals surface area contributed by atoms with Crippen molar-refractivity contribution < 1.29 is 14.3 Å². The van der Waals surface area contributed by atoms with Crippen molar-refractivity contribution in [1.29, 1.82) is 0 Å². The fraction of sp³-hybridized carbons (Fsp3) is 0.737. The van der Waals surface area contributed by atoms with Crippen LogP contribution in [0.25, 0.3) is 0 Å².